The first kappa shape index (κ1) is 36.4. The van der Waals surface area contributed by atoms with Crippen molar-refractivity contribution in [1.82, 2.24) is 19.4 Å². The van der Waals surface area contributed by atoms with E-state index >= 15 is 4.39 Å². The third-order valence-corrected chi connectivity index (χ3v) is 11.5. The zero-order chi connectivity index (χ0) is 37.9. The molecule has 0 radical (unpaired) electrons. The molecular formula is C42H45ClFN5O5. The van der Waals surface area contributed by atoms with Crippen molar-refractivity contribution in [1.29, 1.82) is 5.26 Å². The molecule has 1 aliphatic carbocycles. The minimum absolute atomic E-state index is 0.0242. The highest BCUT2D eigenvalue weighted by molar-refractivity contribution is 6.37. The number of aryl methyl sites for hydroxylation is 1. The third kappa shape index (κ3) is 6.18. The number of nitriles is 1. The first-order valence-electron chi connectivity index (χ1n) is 18.6. The molecule has 5 heterocycles. The lowest BCUT2D eigenvalue weighted by molar-refractivity contribution is -0.0163. The van der Waals surface area contributed by atoms with Crippen LogP contribution in [-0.4, -0.2) is 77.7 Å². The van der Waals surface area contributed by atoms with Crippen molar-refractivity contribution in [2.75, 3.05) is 40.6 Å². The van der Waals surface area contributed by atoms with E-state index in [2.05, 4.69) is 18.0 Å². The molecule has 2 bridgehead atoms. The van der Waals surface area contributed by atoms with Gasteiger partial charge in [0.25, 0.3) is 0 Å². The fourth-order valence-electron chi connectivity index (χ4n) is 8.79. The molecule has 12 heteroatoms. The molecule has 1 amide bonds. The topological polar surface area (TPSA) is 102 Å². The molecule has 54 heavy (non-hydrogen) atoms. The van der Waals surface area contributed by atoms with Gasteiger partial charge in [0.1, 0.15) is 29.1 Å². The number of hydrogen-bond acceptors (Lipinski definition) is 8. The fraction of sp³-hybridized carbons (Fsp3) is 0.452. The minimum Gasteiger partial charge on any atom is -0.475 e. The van der Waals surface area contributed by atoms with E-state index in [-0.39, 0.29) is 37.1 Å². The summed E-state index contributed by atoms with van der Waals surface area (Å²) in [5.41, 5.74) is 0.906. The third-order valence-electron chi connectivity index (χ3n) is 11.2. The zero-order valence-electron chi connectivity index (χ0n) is 31.4. The number of pyridine rings is 1. The molecule has 0 unspecified atom stereocenters. The average molecular weight is 754 g/mol. The van der Waals surface area contributed by atoms with Gasteiger partial charge < -0.3 is 28.4 Å². The van der Waals surface area contributed by atoms with Crippen LogP contribution in [0.4, 0.5) is 9.18 Å². The van der Waals surface area contributed by atoms with Crippen molar-refractivity contribution in [2.45, 2.75) is 76.6 Å². The van der Waals surface area contributed by atoms with E-state index in [9.17, 15) is 10.1 Å². The molecule has 1 atom stereocenters. The number of likely N-dealkylation sites (tertiary alicyclic amines) is 1. The Morgan fingerprint density at radius 3 is 2.67 bits per heavy atom. The van der Waals surface area contributed by atoms with E-state index < -0.39 is 23.2 Å². The van der Waals surface area contributed by atoms with Crippen LogP contribution in [0.1, 0.15) is 58.4 Å². The van der Waals surface area contributed by atoms with Crippen molar-refractivity contribution in [3.63, 3.8) is 0 Å². The summed E-state index contributed by atoms with van der Waals surface area (Å²) in [4.78, 5) is 22.8. The van der Waals surface area contributed by atoms with E-state index in [4.69, 9.17) is 35.5 Å². The summed E-state index contributed by atoms with van der Waals surface area (Å²) in [5.74, 6) is 0.521. The maximum absolute atomic E-state index is 17.9. The standard InChI is InChI=1S/C42H45ClFN5O5/c1-41(2,3)54-40(50)49-21-25-19-42(49,20-25)48-22-33(43)35-38(48)32-17-27(11-8-14-45)34(31-18-29(53-24-51-5)16-26-10-6-7-13-30(26)31)36(44)37(32)46-39(35)52-23-28-12-9-15-47(28)4/h6-7,10,13,16-18,22,25,28H,8-9,11-12,15,19-21,23-24H2,1-5H3/t25?,28-,42?/m0/s1. The van der Waals surface area contributed by atoms with Crippen LogP contribution < -0.4 is 9.47 Å². The molecule has 3 saturated heterocycles. The van der Waals surface area contributed by atoms with Gasteiger partial charge in [-0.25, -0.2) is 14.2 Å². The summed E-state index contributed by atoms with van der Waals surface area (Å²) in [6.45, 7) is 7.48. The largest absolute Gasteiger partial charge is 0.475 e. The summed E-state index contributed by atoms with van der Waals surface area (Å²) < 4.78 is 43.5. The number of carbonyl (C=O) groups is 1. The number of ether oxygens (including phenoxy) is 4. The highest BCUT2D eigenvalue weighted by Gasteiger charge is 2.60. The minimum atomic E-state index is -0.763. The van der Waals surface area contributed by atoms with Gasteiger partial charge in [0.05, 0.1) is 22.0 Å². The highest BCUT2D eigenvalue weighted by Crippen LogP contribution is 2.57. The Balaban J connectivity index is 1.40. The van der Waals surface area contributed by atoms with Crippen molar-refractivity contribution in [2.24, 2.45) is 5.92 Å². The number of rotatable bonds is 10. The summed E-state index contributed by atoms with van der Waals surface area (Å²) in [7, 11) is 3.63. The predicted molar refractivity (Wildman–Crippen MR) is 206 cm³/mol. The molecule has 3 aliphatic heterocycles. The Bertz CT molecular complexity index is 2320. The first-order valence-corrected chi connectivity index (χ1v) is 19.0. The Kier molecular flexibility index (Phi) is 9.36. The zero-order valence-corrected chi connectivity index (χ0v) is 32.1. The smallest absolute Gasteiger partial charge is 0.412 e. The highest BCUT2D eigenvalue weighted by atomic mass is 35.5. The number of hydrogen-bond donors (Lipinski definition) is 0. The van der Waals surface area contributed by atoms with Gasteiger partial charge in [0, 0.05) is 43.3 Å². The maximum Gasteiger partial charge on any atom is 0.412 e. The average Bonchev–Trinajstić information content (AvgIpc) is 3.90. The molecule has 4 aliphatic rings. The van der Waals surface area contributed by atoms with Gasteiger partial charge in [-0.2, -0.15) is 5.26 Å². The summed E-state index contributed by atoms with van der Waals surface area (Å²) in [5, 5.41) is 13.0. The van der Waals surface area contributed by atoms with Gasteiger partial charge in [0.2, 0.25) is 5.88 Å². The molecule has 0 spiro atoms. The summed E-state index contributed by atoms with van der Waals surface area (Å²) in [6, 6.07) is 15.8. The number of likely N-dealkylation sites (N-methyl/N-ethyl adjacent to an activating group) is 1. The molecule has 5 aromatic rings. The predicted octanol–water partition coefficient (Wildman–Crippen LogP) is 9.03. The number of benzene rings is 3. The summed E-state index contributed by atoms with van der Waals surface area (Å²) >= 11 is 7.17. The Hall–Kier alpha value is -4.63. The molecule has 4 fully saturated rings. The van der Waals surface area contributed by atoms with Crippen LogP contribution in [0.25, 0.3) is 43.7 Å². The molecule has 10 nitrogen and oxygen atoms in total. The van der Waals surface area contributed by atoms with Crippen LogP contribution in [0.2, 0.25) is 5.02 Å². The molecule has 0 N–H and O–H groups in total. The lowest BCUT2D eigenvalue weighted by Gasteiger charge is -2.44. The molecule has 9 rings (SSSR count). The number of halogens is 2. The monoisotopic (exact) mass is 753 g/mol. The normalized spacial score (nSPS) is 21.2. The van der Waals surface area contributed by atoms with Crippen molar-refractivity contribution in [3.05, 3.63) is 65.1 Å². The maximum atomic E-state index is 17.9. The van der Waals surface area contributed by atoms with Crippen molar-refractivity contribution in [3.8, 4) is 28.8 Å². The number of amides is 1. The van der Waals surface area contributed by atoms with E-state index in [1.54, 1.807) is 12.0 Å². The fourth-order valence-corrected chi connectivity index (χ4v) is 9.06. The lowest BCUT2D eigenvalue weighted by Crippen LogP contribution is -2.51. The second-order valence-corrected chi connectivity index (χ2v) is 16.4. The van der Waals surface area contributed by atoms with Crippen molar-refractivity contribution < 1.29 is 28.1 Å². The van der Waals surface area contributed by atoms with Crippen LogP contribution >= 0.6 is 11.6 Å². The van der Waals surface area contributed by atoms with Gasteiger partial charge in [-0.05, 0) is 112 Å². The SMILES string of the molecule is COCOc1cc(-c2c(CCC#N)cc3c(nc(OC[C@@H]4CCCN4C)c4c(Cl)cn(C56CC(CN5C(=O)OC(C)(C)C)C6)c43)c2F)c2ccccc2c1. The van der Waals surface area contributed by atoms with Crippen LogP contribution in [0.15, 0.2) is 48.7 Å². The van der Waals surface area contributed by atoms with E-state index in [1.165, 1.54) is 0 Å². The van der Waals surface area contributed by atoms with Crippen LogP contribution in [0.3, 0.4) is 0 Å². The Morgan fingerprint density at radius 2 is 1.94 bits per heavy atom. The molecule has 2 aromatic heterocycles. The van der Waals surface area contributed by atoms with Crippen molar-refractivity contribution >= 4 is 50.3 Å². The molecule has 1 saturated carbocycles. The van der Waals surface area contributed by atoms with Crippen LogP contribution in [0, 0.1) is 23.1 Å². The van der Waals surface area contributed by atoms with Gasteiger partial charge >= 0.3 is 6.09 Å². The quantitative estimate of drug-likeness (QED) is 0.130. The number of nitrogens with zero attached hydrogens (tertiary/aromatic N) is 5. The van der Waals surface area contributed by atoms with E-state index in [0.29, 0.717) is 75.7 Å². The number of fused-ring (bicyclic) bond motifs is 5. The Labute approximate surface area is 319 Å². The van der Waals surface area contributed by atoms with Gasteiger partial charge in [-0.1, -0.05) is 35.9 Å². The lowest BCUT2D eigenvalue weighted by atomic mass is 9.79. The van der Waals surface area contributed by atoms with E-state index in [0.717, 1.165) is 30.2 Å². The van der Waals surface area contributed by atoms with Crippen LogP contribution in [-0.2, 0) is 21.6 Å². The number of aromatic nitrogens is 2. The first-order chi connectivity index (χ1) is 25.9. The molecule has 3 aromatic carbocycles. The van der Waals surface area contributed by atoms with E-state index in [1.807, 2.05) is 74.0 Å². The van der Waals surface area contributed by atoms with Crippen LogP contribution in [0.5, 0.6) is 11.6 Å². The van der Waals surface area contributed by atoms with Gasteiger partial charge in [-0.15, -0.1) is 0 Å². The van der Waals surface area contributed by atoms with Gasteiger partial charge in [-0.3, -0.25) is 4.90 Å². The molecular weight excluding hydrogens is 709 g/mol. The second-order valence-electron chi connectivity index (χ2n) is 15.9. The Morgan fingerprint density at radius 1 is 1.15 bits per heavy atom. The summed E-state index contributed by atoms with van der Waals surface area (Å²) in [6.07, 6.45) is 5.36. The number of carbonyl (C=O) groups excluding carboxylic acids is 1. The van der Waals surface area contributed by atoms with Gasteiger partial charge in [0.15, 0.2) is 12.6 Å². The molecule has 282 valence electrons. The second kappa shape index (κ2) is 13.9. The number of methoxy groups -OCH3 is 1.